The van der Waals surface area contributed by atoms with Crippen LogP contribution in [0.4, 0.5) is 10.5 Å². The number of hydrogen-bond acceptors (Lipinski definition) is 4. The molecule has 0 aromatic heterocycles. The van der Waals surface area contributed by atoms with E-state index >= 15 is 0 Å². The quantitative estimate of drug-likeness (QED) is 0.456. The van der Waals surface area contributed by atoms with Crippen LogP contribution in [-0.4, -0.2) is 55.2 Å². The van der Waals surface area contributed by atoms with E-state index in [0.717, 1.165) is 67.6 Å². The second-order valence-corrected chi connectivity index (χ2v) is 8.59. The SMILES string of the molecule is Cc1ccc(NC(=O)N(CCCN2CCOCC2)Cc2cccc(Oc3ccccc3)c2)cc1. The van der Waals surface area contributed by atoms with E-state index < -0.39 is 0 Å². The second-order valence-electron chi connectivity index (χ2n) is 8.59. The Kier molecular flexibility index (Phi) is 8.54. The summed E-state index contributed by atoms with van der Waals surface area (Å²) < 4.78 is 11.4. The van der Waals surface area contributed by atoms with Crippen LogP contribution < -0.4 is 10.1 Å². The maximum atomic E-state index is 13.2. The Morgan fingerprint density at radius 2 is 1.71 bits per heavy atom. The van der Waals surface area contributed by atoms with Gasteiger partial charge in [0, 0.05) is 38.4 Å². The molecule has 1 aliphatic rings. The highest BCUT2D eigenvalue weighted by Crippen LogP contribution is 2.23. The fourth-order valence-electron chi connectivity index (χ4n) is 3.95. The lowest BCUT2D eigenvalue weighted by atomic mass is 10.2. The first-order chi connectivity index (χ1) is 16.7. The third-order valence-electron chi connectivity index (χ3n) is 5.85. The molecule has 0 bridgehead atoms. The minimum absolute atomic E-state index is 0.0970. The molecule has 1 N–H and O–H groups in total. The molecular weight excluding hydrogens is 426 g/mol. The molecular formula is C28H33N3O3. The molecule has 178 valence electrons. The summed E-state index contributed by atoms with van der Waals surface area (Å²) in [4.78, 5) is 17.5. The summed E-state index contributed by atoms with van der Waals surface area (Å²) in [6.07, 6.45) is 0.904. The Morgan fingerprint density at radius 1 is 0.971 bits per heavy atom. The molecule has 0 unspecified atom stereocenters. The zero-order chi connectivity index (χ0) is 23.6. The number of hydrogen-bond donors (Lipinski definition) is 1. The number of morpholine rings is 1. The molecule has 6 heteroatoms. The largest absolute Gasteiger partial charge is 0.457 e. The van der Waals surface area contributed by atoms with Gasteiger partial charge in [0.2, 0.25) is 0 Å². The minimum Gasteiger partial charge on any atom is -0.457 e. The van der Waals surface area contributed by atoms with Crippen LogP contribution >= 0.6 is 0 Å². The Labute approximate surface area is 202 Å². The Morgan fingerprint density at radius 3 is 2.47 bits per heavy atom. The summed E-state index contributed by atoms with van der Waals surface area (Å²) in [5.41, 5.74) is 2.99. The van der Waals surface area contributed by atoms with Gasteiger partial charge in [0.15, 0.2) is 0 Å². The molecule has 34 heavy (non-hydrogen) atoms. The molecule has 3 aromatic carbocycles. The van der Waals surface area contributed by atoms with Crippen LogP contribution in [0.5, 0.6) is 11.5 Å². The number of urea groups is 1. The zero-order valence-corrected chi connectivity index (χ0v) is 19.8. The van der Waals surface area contributed by atoms with Crippen molar-refractivity contribution >= 4 is 11.7 Å². The molecule has 4 rings (SSSR count). The van der Waals surface area contributed by atoms with Crippen LogP contribution in [-0.2, 0) is 11.3 Å². The molecule has 3 aromatic rings. The molecule has 6 nitrogen and oxygen atoms in total. The van der Waals surface area contributed by atoms with E-state index in [0.29, 0.717) is 13.1 Å². The van der Waals surface area contributed by atoms with Crippen molar-refractivity contribution in [3.8, 4) is 11.5 Å². The lowest BCUT2D eigenvalue weighted by Crippen LogP contribution is -2.40. The number of ether oxygens (including phenoxy) is 2. The van der Waals surface area contributed by atoms with Crippen LogP contribution in [0.2, 0.25) is 0 Å². The number of benzene rings is 3. The van der Waals surface area contributed by atoms with Gasteiger partial charge in [-0.2, -0.15) is 0 Å². The Bertz CT molecular complexity index is 1030. The Balaban J connectivity index is 1.42. The second kappa shape index (κ2) is 12.2. The highest BCUT2D eigenvalue weighted by molar-refractivity contribution is 5.89. The van der Waals surface area contributed by atoms with Crippen molar-refractivity contribution in [1.29, 1.82) is 0 Å². The first kappa shape index (κ1) is 23.8. The summed E-state index contributed by atoms with van der Waals surface area (Å²) in [6, 6.07) is 25.4. The topological polar surface area (TPSA) is 54.0 Å². The third-order valence-corrected chi connectivity index (χ3v) is 5.85. The Hall–Kier alpha value is -3.35. The van der Waals surface area contributed by atoms with Gasteiger partial charge >= 0.3 is 6.03 Å². The number of aryl methyl sites for hydroxylation is 1. The van der Waals surface area contributed by atoms with E-state index in [4.69, 9.17) is 9.47 Å². The van der Waals surface area contributed by atoms with Crippen molar-refractivity contribution in [1.82, 2.24) is 9.80 Å². The first-order valence-corrected chi connectivity index (χ1v) is 11.9. The molecule has 0 atom stereocenters. The maximum Gasteiger partial charge on any atom is 0.322 e. The number of carbonyl (C=O) groups is 1. The number of nitrogens with zero attached hydrogens (tertiary/aromatic N) is 2. The fraction of sp³-hybridized carbons (Fsp3) is 0.321. The van der Waals surface area contributed by atoms with Crippen LogP contribution in [0.1, 0.15) is 17.5 Å². The number of nitrogens with one attached hydrogen (secondary N) is 1. The van der Waals surface area contributed by atoms with Crippen molar-refractivity contribution in [2.75, 3.05) is 44.7 Å². The van der Waals surface area contributed by atoms with Gasteiger partial charge in [-0.15, -0.1) is 0 Å². The number of amides is 2. The normalized spacial score (nSPS) is 13.9. The number of rotatable bonds is 9. The average Bonchev–Trinajstić information content (AvgIpc) is 2.86. The van der Waals surface area contributed by atoms with Crippen LogP contribution in [0.25, 0.3) is 0 Å². The molecule has 1 aliphatic heterocycles. The van der Waals surface area contributed by atoms with Crippen molar-refractivity contribution in [3.05, 3.63) is 90.0 Å². The van der Waals surface area contributed by atoms with E-state index in [-0.39, 0.29) is 6.03 Å². The highest BCUT2D eigenvalue weighted by Gasteiger charge is 2.16. The summed E-state index contributed by atoms with van der Waals surface area (Å²) >= 11 is 0. The molecule has 1 saturated heterocycles. The summed E-state index contributed by atoms with van der Waals surface area (Å²) in [6.45, 7) is 7.63. The lowest BCUT2D eigenvalue weighted by Gasteiger charge is -2.28. The van der Waals surface area contributed by atoms with Gasteiger partial charge in [0.1, 0.15) is 11.5 Å². The number of anilines is 1. The summed E-state index contributed by atoms with van der Waals surface area (Å²) in [5, 5.41) is 3.05. The fourth-order valence-corrected chi connectivity index (χ4v) is 3.95. The predicted molar refractivity (Wildman–Crippen MR) is 135 cm³/mol. The number of carbonyl (C=O) groups excluding carboxylic acids is 1. The van der Waals surface area contributed by atoms with E-state index in [9.17, 15) is 4.79 Å². The van der Waals surface area contributed by atoms with Gasteiger partial charge in [-0.1, -0.05) is 48.0 Å². The monoisotopic (exact) mass is 459 g/mol. The maximum absolute atomic E-state index is 13.2. The summed E-state index contributed by atoms with van der Waals surface area (Å²) in [5.74, 6) is 1.55. The first-order valence-electron chi connectivity index (χ1n) is 11.9. The van der Waals surface area contributed by atoms with Gasteiger partial charge in [-0.05, 0) is 55.3 Å². The standard InChI is InChI=1S/C28H33N3O3/c1-23-11-13-25(14-12-23)29-28(32)31(16-6-15-30-17-19-33-20-18-30)22-24-7-5-10-27(21-24)34-26-8-3-2-4-9-26/h2-5,7-14,21H,6,15-20,22H2,1H3,(H,29,32). The smallest absolute Gasteiger partial charge is 0.322 e. The van der Waals surface area contributed by atoms with Crippen LogP contribution in [0.3, 0.4) is 0 Å². The molecule has 1 heterocycles. The third kappa shape index (κ3) is 7.33. The van der Waals surface area contributed by atoms with Gasteiger partial charge in [0.05, 0.1) is 13.2 Å². The van der Waals surface area contributed by atoms with E-state index in [1.165, 1.54) is 0 Å². The van der Waals surface area contributed by atoms with Gasteiger partial charge in [-0.3, -0.25) is 4.90 Å². The van der Waals surface area contributed by atoms with Crippen molar-refractivity contribution in [2.24, 2.45) is 0 Å². The molecule has 0 aliphatic carbocycles. The molecule has 0 saturated carbocycles. The van der Waals surface area contributed by atoms with E-state index in [2.05, 4.69) is 10.2 Å². The average molecular weight is 460 g/mol. The van der Waals surface area contributed by atoms with Gasteiger partial charge < -0.3 is 19.7 Å². The van der Waals surface area contributed by atoms with Crippen LogP contribution in [0.15, 0.2) is 78.9 Å². The summed E-state index contributed by atoms with van der Waals surface area (Å²) in [7, 11) is 0. The van der Waals surface area contributed by atoms with Gasteiger partial charge in [0.25, 0.3) is 0 Å². The van der Waals surface area contributed by atoms with Crippen molar-refractivity contribution < 1.29 is 14.3 Å². The molecule has 2 amide bonds. The van der Waals surface area contributed by atoms with Crippen molar-refractivity contribution in [2.45, 2.75) is 19.9 Å². The van der Waals surface area contributed by atoms with E-state index in [1.807, 2.05) is 90.7 Å². The lowest BCUT2D eigenvalue weighted by molar-refractivity contribution is 0.0365. The highest BCUT2D eigenvalue weighted by atomic mass is 16.5. The molecule has 0 spiro atoms. The van der Waals surface area contributed by atoms with Crippen LogP contribution in [0, 0.1) is 6.92 Å². The zero-order valence-electron chi connectivity index (χ0n) is 19.8. The van der Waals surface area contributed by atoms with E-state index in [1.54, 1.807) is 0 Å². The number of para-hydroxylation sites is 1. The molecule has 1 fully saturated rings. The predicted octanol–water partition coefficient (Wildman–Crippen LogP) is 5.54. The van der Waals surface area contributed by atoms with Crippen molar-refractivity contribution in [3.63, 3.8) is 0 Å². The minimum atomic E-state index is -0.0970. The van der Waals surface area contributed by atoms with Gasteiger partial charge in [-0.25, -0.2) is 4.79 Å². The molecule has 0 radical (unpaired) electrons.